The van der Waals surface area contributed by atoms with Crippen LogP contribution in [0.5, 0.6) is 0 Å². The van der Waals surface area contributed by atoms with E-state index in [9.17, 15) is 19.0 Å². The van der Waals surface area contributed by atoms with Crippen LogP contribution in [0.2, 0.25) is 0 Å². The molecule has 1 N–H and O–H groups in total. The molecule has 0 aromatic rings. The Bertz CT molecular complexity index is 1350. The molecule has 10 heteroatoms. The van der Waals surface area contributed by atoms with Gasteiger partial charge in [0.25, 0.3) is 7.82 Å². The highest BCUT2D eigenvalue weighted by molar-refractivity contribution is 7.45. The third-order valence-corrected chi connectivity index (χ3v) is 12.2. The van der Waals surface area contributed by atoms with Gasteiger partial charge in [-0.25, -0.2) is 0 Å². The van der Waals surface area contributed by atoms with Gasteiger partial charge in [0.1, 0.15) is 19.3 Å². The number of phosphoric ester groups is 1. The van der Waals surface area contributed by atoms with Gasteiger partial charge >= 0.3 is 5.97 Å². The van der Waals surface area contributed by atoms with Crippen LogP contribution in [0.3, 0.4) is 0 Å². The van der Waals surface area contributed by atoms with E-state index in [1.807, 2.05) is 39.4 Å². The number of phosphoric acid groups is 1. The highest BCUT2D eigenvalue weighted by atomic mass is 31.2. The normalized spacial score (nSPS) is 14.5. The fraction of sp³-hybridized carbons (Fsp3) is 0.745. The minimum Gasteiger partial charge on any atom is -0.756 e. The first kappa shape index (κ1) is 62.4. The smallest absolute Gasteiger partial charge is 0.306 e. The van der Waals surface area contributed by atoms with Crippen molar-refractivity contribution >= 4 is 19.7 Å². The first-order valence-corrected chi connectivity index (χ1v) is 27.8. The van der Waals surface area contributed by atoms with E-state index < -0.39 is 26.6 Å². The van der Waals surface area contributed by atoms with Gasteiger partial charge in [-0.2, -0.15) is 0 Å². The van der Waals surface area contributed by atoms with E-state index in [1.165, 1.54) is 64.2 Å². The Morgan fingerprint density at radius 2 is 0.985 bits per heavy atom. The Balaban J connectivity index is 5.46. The van der Waals surface area contributed by atoms with Crippen LogP contribution in [-0.4, -0.2) is 69.4 Å². The van der Waals surface area contributed by atoms with Gasteiger partial charge in [-0.15, -0.1) is 0 Å². The lowest BCUT2D eigenvalue weighted by atomic mass is 10.1. The quantitative estimate of drug-likeness (QED) is 0.0161. The first-order valence-electron chi connectivity index (χ1n) is 26.3. The number of unbranched alkanes of at least 4 members (excludes halogenated alkanes) is 23. The van der Waals surface area contributed by atoms with Gasteiger partial charge in [0, 0.05) is 12.8 Å². The summed E-state index contributed by atoms with van der Waals surface area (Å²) in [6, 6.07) is -0.903. The molecule has 0 heterocycles. The van der Waals surface area contributed by atoms with Gasteiger partial charge in [0.2, 0.25) is 5.91 Å². The molecule has 0 aliphatic rings. The van der Waals surface area contributed by atoms with E-state index in [2.05, 4.69) is 80.8 Å². The summed E-state index contributed by atoms with van der Waals surface area (Å²) in [6.07, 6.45) is 55.8. The summed E-state index contributed by atoms with van der Waals surface area (Å²) in [7, 11) is 1.15. The number of nitrogens with zero attached hydrogens (tertiary/aromatic N) is 1. The van der Waals surface area contributed by atoms with Crippen molar-refractivity contribution in [1.82, 2.24) is 5.32 Å². The van der Waals surface area contributed by atoms with Crippen LogP contribution in [-0.2, 0) is 27.9 Å². The van der Waals surface area contributed by atoms with Gasteiger partial charge in [0.15, 0.2) is 0 Å². The van der Waals surface area contributed by atoms with E-state index in [-0.39, 0.29) is 24.9 Å². The summed E-state index contributed by atoms with van der Waals surface area (Å²) < 4.78 is 30.1. The Hall–Kier alpha value is -2.55. The molecular formula is C55H99N2O7P. The van der Waals surface area contributed by atoms with E-state index in [0.29, 0.717) is 23.9 Å². The van der Waals surface area contributed by atoms with Gasteiger partial charge < -0.3 is 28.5 Å². The number of esters is 1. The molecule has 1 amide bonds. The lowest BCUT2D eigenvalue weighted by Gasteiger charge is -2.30. The largest absolute Gasteiger partial charge is 0.756 e. The molecule has 0 radical (unpaired) electrons. The molecular weight excluding hydrogens is 832 g/mol. The van der Waals surface area contributed by atoms with E-state index in [0.717, 1.165) is 109 Å². The molecule has 0 fully saturated rings. The summed E-state index contributed by atoms with van der Waals surface area (Å²) in [5, 5.41) is 2.99. The number of quaternary nitrogens is 1. The van der Waals surface area contributed by atoms with Crippen molar-refractivity contribution in [3.63, 3.8) is 0 Å². The Kier molecular flexibility index (Phi) is 43.5. The van der Waals surface area contributed by atoms with Crippen LogP contribution in [0.15, 0.2) is 72.9 Å². The molecule has 0 aromatic heterocycles. The SMILES string of the molecule is CC/C=C/C=C/C=C\CCCCCCCC(=O)OC(/C=C/CCCCCCCCCCC)C(COP(=O)([O-])OCC[N+](C)(C)C)NC(=O)CCCCCCCC/C=C/C=C/CCCCC. The van der Waals surface area contributed by atoms with Crippen LogP contribution < -0.4 is 10.2 Å². The fourth-order valence-corrected chi connectivity index (χ4v) is 7.82. The standard InChI is InChI=1S/C55H99N2O7P/c1-7-10-13-16-19-22-25-27-28-30-32-35-38-41-44-47-54(58)56-52(51-63-65(60,61)62-50-49-57(4,5)6)53(46-43-40-37-34-31-24-21-18-15-12-9-3)64-55(59)48-45-42-39-36-33-29-26-23-20-17-14-11-8-2/h11,14,17,19-20,22-23,25-27,43,46,52-53H,7-10,12-13,15-16,18,21,24,28-42,44-45,47-51H2,1-6H3,(H-,56,58,60,61)/b14-11+,20-17+,22-19+,26-23-,27-25+,46-43+. The van der Waals surface area contributed by atoms with Crippen molar-refractivity contribution in [1.29, 1.82) is 0 Å². The summed E-state index contributed by atoms with van der Waals surface area (Å²) >= 11 is 0. The van der Waals surface area contributed by atoms with Crippen molar-refractivity contribution in [2.45, 2.75) is 226 Å². The van der Waals surface area contributed by atoms with Crippen LogP contribution in [0.1, 0.15) is 213 Å². The number of ether oxygens (including phenoxy) is 1. The minimum atomic E-state index is -4.70. The number of likely N-dealkylation sites (N-methyl/N-ethyl adjacent to an activating group) is 1. The van der Waals surface area contributed by atoms with Crippen molar-refractivity contribution in [3.05, 3.63) is 72.9 Å². The topological polar surface area (TPSA) is 114 Å². The van der Waals surface area contributed by atoms with E-state index in [1.54, 1.807) is 0 Å². The number of rotatable bonds is 46. The molecule has 9 nitrogen and oxygen atoms in total. The number of nitrogens with one attached hydrogen (secondary N) is 1. The van der Waals surface area contributed by atoms with Crippen LogP contribution in [0.25, 0.3) is 0 Å². The zero-order chi connectivity index (χ0) is 48.0. The van der Waals surface area contributed by atoms with Crippen molar-refractivity contribution < 1.29 is 37.3 Å². The summed E-state index contributed by atoms with van der Waals surface area (Å²) in [5.74, 6) is -0.585. The molecule has 376 valence electrons. The third-order valence-electron chi connectivity index (χ3n) is 11.2. The zero-order valence-electron chi connectivity index (χ0n) is 42.7. The molecule has 0 aliphatic heterocycles. The molecule has 3 atom stereocenters. The van der Waals surface area contributed by atoms with Crippen molar-refractivity contribution in [3.8, 4) is 0 Å². The van der Waals surface area contributed by atoms with Crippen LogP contribution >= 0.6 is 7.82 Å². The molecule has 0 rings (SSSR count). The molecule has 0 bridgehead atoms. The summed E-state index contributed by atoms with van der Waals surface area (Å²) in [6.45, 7) is 6.62. The number of amides is 1. The molecule has 65 heavy (non-hydrogen) atoms. The van der Waals surface area contributed by atoms with Crippen molar-refractivity contribution in [2.75, 3.05) is 40.9 Å². The van der Waals surface area contributed by atoms with E-state index in [4.69, 9.17) is 13.8 Å². The van der Waals surface area contributed by atoms with Crippen molar-refractivity contribution in [2.24, 2.45) is 0 Å². The Morgan fingerprint density at radius 1 is 0.554 bits per heavy atom. The number of hydrogen-bond donors (Lipinski definition) is 1. The van der Waals surface area contributed by atoms with Crippen LogP contribution in [0.4, 0.5) is 0 Å². The number of carbonyl (C=O) groups is 2. The first-order chi connectivity index (χ1) is 31.4. The maximum absolute atomic E-state index is 13.4. The highest BCUT2D eigenvalue weighted by Gasteiger charge is 2.27. The molecule has 0 saturated carbocycles. The Labute approximate surface area is 400 Å². The molecule has 0 saturated heterocycles. The third kappa shape index (κ3) is 46.4. The van der Waals surface area contributed by atoms with Gasteiger partial charge in [-0.1, -0.05) is 197 Å². The second-order valence-electron chi connectivity index (χ2n) is 18.7. The lowest BCUT2D eigenvalue weighted by Crippen LogP contribution is -2.47. The predicted molar refractivity (Wildman–Crippen MR) is 275 cm³/mol. The number of hydrogen-bond acceptors (Lipinski definition) is 7. The van der Waals surface area contributed by atoms with Crippen LogP contribution in [0, 0.1) is 0 Å². The minimum absolute atomic E-state index is 0.0312. The second-order valence-corrected chi connectivity index (χ2v) is 20.1. The number of carbonyl (C=O) groups excluding carboxylic acids is 2. The fourth-order valence-electron chi connectivity index (χ4n) is 7.10. The maximum atomic E-state index is 13.4. The van der Waals surface area contributed by atoms with Gasteiger partial charge in [0.05, 0.1) is 33.8 Å². The molecule has 0 aromatic carbocycles. The highest BCUT2D eigenvalue weighted by Crippen LogP contribution is 2.38. The monoisotopic (exact) mass is 931 g/mol. The summed E-state index contributed by atoms with van der Waals surface area (Å²) in [5.41, 5.74) is 0. The molecule has 0 aliphatic carbocycles. The zero-order valence-corrected chi connectivity index (χ0v) is 43.6. The number of allylic oxidation sites excluding steroid dienone is 11. The maximum Gasteiger partial charge on any atom is 0.306 e. The van der Waals surface area contributed by atoms with E-state index >= 15 is 0 Å². The lowest BCUT2D eigenvalue weighted by molar-refractivity contribution is -0.870. The summed E-state index contributed by atoms with van der Waals surface area (Å²) in [4.78, 5) is 39.7. The Morgan fingerprint density at radius 3 is 1.51 bits per heavy atom. The average Bonchev–Trinajstić information content (AvgIpc) is 3.26. The second kappa shape index (κ2) is 45.2. The van der Waals surface area contributed by atoms with Gasteiger partial charge in [-0.05, 0) is 76.7 Å². The predicted octanol–water partition coefficient (Wildman–Crippen LogP) is 14.7. The molecule has 0 spiro atoms. The van der Waals surface area contributed by atoms with Gasteiger partial charge in [-0.3, -0.25) is 14.2 Å². The average molecular weight is 931 g/mol. The molecule has 3 unspecified atom stereocenters.